The van der Waals surface area contributed by atoms with E-state index in [1.807, 2.05) is 6.08 Å². The molecular formula is C28H52O7Si. The van der Waals surface area contributed by atoms with E-state index in [2.05, 4.69) is 54.3 Å². The minimum absolute atomic E-state index is 0.0336. The lowest BCUT2D eigenvalue weighted by Gasteiger charge is -2.46. The molecule has 0 bridgehead atoms. The molecule has 1 aliphatic carbocycles. The number of hydrogen-bond donors (Lipinski definition) is 0. The summed E-state index contributed by atoms with van der Waals surface area (Å²) in [5.74, 6) is 1.46. The Morgan fingerprint density at radius 1 is 1.00 bits per heavy atom. The van der Waals surface area contributed by atoms with E-state index >= 15 is 0 Å². The molecule has 3 fully saturated rings. The van der Waals surface area contributed by atoms with Crippen LogP contribution in [0.4, 0.5) is 0 Å². The van der Waals surface area contributed by atoms with Crippen LogP contribution in [0.3, 0.4) is 0 Å². The Kier molecular flexibility index (Phi) is 10.3. The van der Waals surface area contributed by atoms with E-state index in [4.69, 9.17) is 32.8 Å². The lowest BCUT2D eigenvalue weighted by atomic mass is 9.87. The molecule has 1 saturated carbocycles. The Labute approximate surface area is 220 Å². The zero-order chi connectivity index (χ0) is 26.8. The van der Waals surface area contributed by atoms with E-state index in [0.717, 1.165) is 12.8 Å². The number of ether oxygens (including phenoxy) is 6. The average Bonchev–Trinajstić information content (AvgIpc) is 3.55. The number of rotatable bonds is 11. The highest BCUT2D eigenvalue weighted by Gasteiger charge is 2.49. The van der Waals surface area contributed by atoms with Crippen molar-refractivity contribution >= 4 is 8.32 Å². The molecule has 0 unspecified atom stereocenters. The second-order valence-electron chi connectivity index (χ2n) is 12.6. The Bertz CT molecular complexity index is 711. The molecule has 36 heavy (non-hydrogen) atoms. The fraction of sp³-hybridized carbons (Fsp3) is 0.929. The summed E-state index contributed by atoms with van der Waals surface area (Å²) in [6, 6.07) is 0. The number of hydrogen-bond acceptors (Lipinski definition) is 7. The van der Waals surface area contributed by atoms with Crippen molar-refractivity contribution in [2.45, 2.75) is 121 Å². The maximum atomic E-state index is 6.98. The quantitative estimate of drug-likeness (QED) is 0.270. The Morgan fingerprint density at radius 2 is 1.64 bits per heavy atom. The Balaban J connectivity index is 1.73. The average molecular weight is 529 g/mol. The van der Waals surface area contributed by atoms with E-state index in [-0.39, 0.29) is 53.7 Å². The Morgan fingerprint density at radius 3 is 2.14 bits per heavy atom. The first-order chi connectivity index (χ1) is 16.9. The molecule has 2 saturated heterocycles. The van der Waals surface area contributed by atoms with Crippen LogP contribution >= 0.6 is 0 Å². The van der Waals surface area contributed by atoms with Gasteiger partial charge in [0.05, 0.1) is 31.0 Å². The highest BCUT2D eigenvalue weighted by Crippen LogP contribution is 2.48. The van der Waals surface area contributed by atoms with Crippen molar-refractivity contribution in [3.05, 3.63) is 12.7 Å². The highest BCUT2D eigenvalue weighted by atomic mass is 28.4. The van der Waals surface area contributed by atoms with E-state index in [1.165, 1.54) is 6.42 Å². The van der Waals surface area contributed by atoms with Crippen molar-refractivity contribution < 1.29 is 32.8 Å². The molecule has 0 N–H and O–H groups in total. The van der Waals surface area contributed by atoms with Crippen molar-refractivity contribution in [1.82, 2.24) is 0 Å². The van der Waals surface area contributed by atoms with Crippen LogP contribution in [0.15, 0.2) is 12.7 Å². The standard InChI is InChI=1S/C28H52O7Si/c1-12-21-18(3)22(34-27-26(31-9)25(30-8)24(29-7)16-32-27)14-19(33-21)15-23(20-13-17(20)2)35-36(10,11)28(4,5)6/h12,17-27H,1,13-16H2,2-11H3/t17-,18+,19+,20-,21+,22+,23+,24-,25+,26-,27+/m1/s1. The van der Waals surface area contributed by atoms with Gasteiger partial charge in [-0.3, -0.25) is 0 Å². The maximum absolute atomic E-state index is 6.98. The van der Waals surface area contributed by atoms with Crippen molar-refractivity contribution in [2.24, 2.45) is 17.8 Å². The minimum Gasteiger partial charge on any atom is -0.414 e. The van der Waals surface area contributed by atoms with Crippen LogP contribution < -0.4 is 0 Å². The molecular weight excluding hydrogens is 476 g/mol. The van der Waals surface area contributed by atoms with Crippen LogP contribution in [0.25, 0.3) is 0 Å². The predicted molar refractivity (Wildman–Crippen MR) is 144 cm³/mol. The molecule has 2 aliphatic heterocycles. The Hall–Kier alpha value is -0.323. The summed E-state index contributed by atoms with van der Waals surface area (Å²) >= 11 is 0. The van der Waals surface area contributed by atoms with Gasteiger partial charge in [0.25, 0.3) is 0 Å². The largest absolute Gasteiger partial charge is 0.414 e. The van der Waals surface area contributed by atoms with Gasteiger partial charge in [0.1, 0.15) is 18.3 Å². The fourth-order valence-electron chi connectivity index (χ4n) is 5.45. The van der Waals surface area contributed by atoms with Crippen molar-refractivity contribution in [3.8, 4) is 0 Å². The van der Waals surface area contributed by atoms with Crippen LogP contribution in [0, 0.1) is 17.8 Å². The third-order valence-electron chi connectivity index (χ3n) is 9.12. The van der Waals surface area contributed by atoms with Gasteiger partial charge in [-0.2, -0.15) is 0 Å². The van der Waals surface area contributed by atoms with Crippen LogP contribution in [0.5, 0.6) is 0 Å². The monoisotopic (exact) mass is 528 g/mol. The van der Waals surface area contributed by atoms with Gasteiger partial charge in [-0.1, -0.05) is 40.7 Å². The number of methoxy groups -OCH3 is 3. The molecule has 8 heteroatoms. The van der Waals surface area contributed by atoms with Crippen LogP contribution in [0.2, 0.25) is 18.1 Å². The van der Waals surface area contributed by atoms with Crippen molar-refractivity contribution in [1.29, 1.82) is 0 Å². The van der Waals surface area contributed by atoms with E-state index in [1.54, 1.807) is 21.3 Å². The van der Waals surface area contributed by atoms with Crippen LogP contribution in [-0.2, 0) is 32.8 Å². The van der Waals surface area contributed by atoms with Gasteiger partial charge < -0.3 is 32.8 Å². The predicted octanol–water partition coefficient (Wildman–Crippen LogP) is 5.19. The van der Waals surface area contributed by atoms with Gasteiger partial charge in [-0.25, -0.2) is 0 Å². The van der Waals surface area contributed by atoms with E-state index < -0.39 is 14.6 Å². The van der Waals surface area contributed by atoms with Crippen LogP contribution in [-0.4, -0.2) is 85.3 Å². The topological polar surface area (TPSA) is 64.6 Å². The van der Waals surface area contributed by atoms with Gasteiger partial charge in [-0.15, -0.1) is 6.58 Å². The summed E-state index contributed by atoms with van der Waals surface area (Å²) in [4.78, 5) is 0. The fourth-order valence-corrected chi connectivity index (χ4v) is 6.83. The molecule has 0 aromatic heterocycles. The van der Waals surface area contributed by atoms with Gasteiger partial charge >= 0.3 is 0 Å². The van der Waals surface area contributed by atoms with Gasteiger partial charge in [0, 0.05) is 33.7 Å². The van der Waals surface area contributed by atoms with Crippen LogP contribution in [0.1, 0.15) is 53.9 Å². The first kappa shape index (κ1) is 30.2. The molecule has 2 heterocycles. The molecule has 11 atom stereocenters. The smallest absolute Gasteiger partial charge is 0.192 e. The summed E-state index contributed by atoms with van der Waals surface area (Å²) in [5, 5.41) is 0.173. The molecule has 0 aromatic carbocycles. The molecule has 7 nitrogen and oxygen atoms in total. The summed E-state index contributed by atoms with van der Waals surface area (Å²) in [6.45, 7) is 20.6. The molecule has 3 rings (SSSR count). The first-order valence-electron chi connectivity index (χ1n) is 13.7. The third kappa shape index (κ3) is 6.81. The SMILES string of the molecule is C=C[C@@H]1O[C@H](C[C@H](O[Si](C)(C)C(C)(C)C)[C@@H]2C[C@H]2C)C[C@H](O[C@@H]2OC[C@@H](OC)[C@H](OC)[C@H]2OC)[C@H]1C. The van der Waals surface area contributed by atoms with Gasteiger partial charge in [-0.05, 0) is 42.8 Å². The lowest BCUT2D eigenvalue weighted by Crippen LogP contribution is -2.58. The molecule has 0 aromatic rings. The molecule has 0 radical (unpaired) electrons. The maximum Gasteiger partial charge on any atom is 0.192 e. The zero-order valence-electron chi connectivity index (χ0n) is 24.3. The summed E-state index contributed by atoms with van der Waals surface area (Å²) in [7, 11) is 3.10. The van der Waals surface area contributed by atoms with Crippen molar-refractivity contribution in [2.75, 3.05) is 27.9 Å². The lowest BCUT2D eigenvalue weighted by molar-refractivity contribution is -0.307. The van der Waals surface area contributed by atoms with Crippen molar-refractivity contribution in [3.63, 3.8) is 0 Å². The first-order valence-corrected chi connectivity index (χ1v) is 16.6. The summed E-state index contributed by atoms with van der Waals surface area (Å²) in [5.41, 5.74) is 0. The van der Waals surface area contributed by atoms with Gasteiger partial charge in [0.15, 0.2) is 14.6 Å². The molecule has 210 valence electrons. The van der Waals surface area contributed by atoms with E-state index in [9.17, 15) is 0 Å². The van der Waals surface area contributed by atoms with E-state index in [0.29, 0.717) is 18.4 Å². The normalized spacial score (nSPS) is 40.6. The molecule has 0 amide bonds. The summed E-state index contributed by atoms with van der Waals surface area (Å²) in [6.07, 6.45) is 3.52. The molecule has 0 spiro atoms. The minimum atomic E-state index is -1.90. The highest BCUT2D eigenvalue weighted by molar-refractivity contribution is 6.74. The molecule has 3 aliphatic rings. The summed E-state index contributed by atoms with van der Waals surface area (Å²) < 4.78 is 43.3. The van der Waals surface area contributed by atoms with Gasteiger partial charge in [0.2, 0.25) is 0 Å². The zero-order valence-corrected chi connectivity index (χ0v) is 25.3. The second-order valence-corrected chi connectivity index (χ2v) is 17.4. The second kappa shape index (κ2) is 12.2. The third-order valence-corrected chi connectivity index (χ3v) is 13.6.